The lowest BCUT2D eigenvalue weighted by molar-refractivity contribution is 0.0940. The van der Waals surface area contributed by atoms with Crippen molar-refractivity contribution in [2.75, 3.05) is 11.9 Å². The highest BCUT2D eigenvalue weighted by molar-refractivity contribution is 9.10. The van der Waals surface area contributed by atoms with Crippen molar-refractivity contribution in [2.45, 2.75) is 32.0 Å². The van der Waals surface area contributed by atoms with Gasteiger partial charge < -0.3 is 10.1 Å². The van der Waals surface area contributed by atoms with Crippen LogP contribution in [0.3, 0.4) is 0 Å². The summed E-state index contributed by atoms with van der Waals surface area (Å²) in [5, 5.41) is 8.44. The summed E-state index contributed by atoms with van der Waals surface area (Å²) in [4.78, 5) is 0. The molecule has 1 saturated heterocycles. The zero-order valence-corrected chi connectivity index (χ0v) is 13.9. The summed E-state index contributed by atoms with van der Waals surface area (Å²) in [5.74, 6) is 0. The highest BCUT2D eigenvalue weighted by Crippen LogP contribution is 2.23. The number of nitrogens with one attached hydrogen (secondary N) is 1. The van der Waals surface area contributed by atoms with E-state index < -0.39 is 0 Å². The number of anilines is 1. The molecule has 2 aromatic rings. The normalized spacial score (nSPS) is 18.1. The first-order chi connectivity index (χ1) is 10.2. The SMILES string of the molecule is Clc1cc(CNc2cnn(CC3CCCO3)c2)ccc1Br. The summed E-state index contributed by atoms with van der Waals surface area (Å²) >= 11 is 9.48. The Labute approximate surface area is 137 Å². The molecule has 0 bridgehead atoms. The lowest BCUT2D eigenvalue weighted by Crippen LogP contribution is -2.15. The Kier molecular flexibility index (Phi) is 4.83. The highest BCUT2D eigenvalue weighted by Gasteiger charge is 2.16. The van der Waals surface area contributed by atoms with Gasteiger partial charge in [0.25, 0.3) is 0 Å². The monoisotopic (exact) mass is 369 g/mol. The van der Waals surface area contributed by atoms with Crippen molar-refractivity contribution in [3.63, 3.8) is 0 Å². The van der Waals surface area contributed by atoms with Gasteiger partial charge in [-0.2, -0.15) is 5.10 Å². The van der Waals surface area contributed by atoms with Crippen LogP contribution in [-0.4, -0.2) is 22.5 Å². The third kappa shape index (κ3) is 3.99. The zero-order chi connectivity index (χ0) is 14.7. The van der Waals surface area contributed by atoms with Crippen LogP contribution < -0.4 is 5.32 Å². The number of nitrogens with zero attached hydrogens (tertiary/aromatic N) is 2. The zero-order valence-electron chi connectivity index (χ0n) is 11.6. The van der Waals surface area contributed by atoms with Gasteiger partial charge in [-0.25, -0.2) is 0 Å². The van der Waals surface area contributed by atoms with E-state index in [1.165, 1.54) is 0 Å². The van der Waals surface area contributed by atoms with E-state index in [0.717, 1.165) is 53.3 Å². The Morgan fingerprint density at radius 2 is 2.38 bits per heavy atom. The number of benzene rings is 1. The van der Waals surface area contributed by atoms with Gasteiger partial charge in [0, 0.05) is 23.8 Å². The van der Waals surface area contributed by atoms with Crippen molar-refractivity contribution < 1.29 is 4.74 Å². The summed E-state index contributed by atoms with van der Waals surface area (Å²) in [5.41, 5.74) is 2.14. The van der Waals surface area contributed by atoms with Crippen LogP contribution in [-0.2, 0) is 17.8 Å². The van der Waals surface area contributed by atoms with Crippen molar-refractivity contribution in [2.24, 2.45) is 0 Å². The van der Waals surface area contributed by atoms with E-state index in [-0.39, 0.29) is 0 Å². The van der Waals surface area contributed by atoms with Crippen LogP contribution in [0.1, 0.15) is 18.4 Å². The third-order valence-electron chi connectivity index (χ3n) is 3.53. The number of rotatable bonds is 5. The van der Waals surface area contributed by atoms with Crippen molar-refractivity contribution >= 4 is 33.2 Å². The Hall–Kier alpha value is -1.04. The molecule has 1 atom stereocenters. The van der Waals surface area contributed by atoms with E-state index in [1.54, 1.807) is 0 Å². The fourth-order valence-electron chi connectivity index (χ4n) is 2.41. The molecule has 2 heterocycles. The average molecular weight is 371 g/mol. The molecule has 0 spiro atoms. The number of aromatic nitrogens is 2. The lowest BCUT2D eigenvalue weighted by Gasteiger charge is -2.08. The molecule has 0 radical (unpaired) electrons. The largest absolute Gasteiger partial charge is 0.378 e. The number of halogens is 2. The van der Waals surface area contributed by atoms with Gasteiger partial charge in [0.15, 0.2) is 0 Å². The van der Waals surface area contributed by atoms with Crippen LogP contribution >= 0.6 is 27.5 Å². The maximum atomic E-state index is 6.09. The molecule has 1 fully saturated rings. The van der Waals surface area contributed by atoms with E-state index in [9.17, 15) is 0 Å². The average Bonchev–Trinajstić information content (AvgIpc) is 3.13. The van der Waals surface area contributed by atoms with Crippen LogP contribution in [0.4, 0.5) is 5.69 Å². The lowest BCUT2D eigenvalue weighted by atomic mass is 10.2. The fraction of sp³-hybridized carbons (Fsp3) is 0.400. The molecule has 1 N–H and O–H groups in total. The minimum absolute atomic E-state index is 0.308. The predicted octanol–water partition coefficient (Wildman–Crippen LogP) is 4.09. The summed E-state index contributed by atoms with van der Waals surface area (Å²) in [6.07, 6.45) is 6.45. The second-order valence-corrected chi connectivity index (χ2v) is 6.45. The molecule has 3 rings (SSSR count). The van der Waals surface area contributed by atoms with Crippen molar-refractivity contribution in [3.8, 4) is 0 Å². The number of hydrogen-bond donors (Lipinski definition) is 1. The van der Waals surface area contributed by atoms with E-state index >= 15 is 0 Å². The molecule has 21 heavy (non-hydrogen) atoms. The van der Waals surface area contributed by atoms with Gasteiger partial charge in [-0.1, -0.05) is 17.7 Å². The van der Waals surface area contributed by atoms with Crippen LogP contribution in [0.15, 0.2) is 35.1 Å². The van der Waals surface area contributed by atoms with Crippen molar-refractivity contribution in [3.05, 3.63) is 45.7 Å². The minimum atomic E-state index is 0.308. The molecule has 1 aromatic heterocycles. The second kappa shape index (κ2) is 6.81. The smallest absolute Gasteiger partial charge is 0.0771 e. The molecule has 1 aliphatic heterocycles. The van der Waals surface area contributed by atoms with Crippen LogP contribution in [0.5, 0.6) is 0 Å². The maximum Gasteiger partial charge on any atom is 0.0771 e. The molecular formula is C15H17BrClN3O. The van der Waals surface area contributed by atoms with Gasteiger partial charge in [0.05, 0.1) is 29.6 Å². The van der Waals surface area contributed by atoms with Crippen molar-refractivity contribution in [1.29, 1.82) is 0 Å². The Balaban J connectivity index is 1.55. The Morgan fingerprint density at radius 3 is 3.14 bits per heavy atom. The van der Waals surface area contributed by atoms with E-state index in [2.05, 4.69) is 26.3 Å². The van der Waals surface area contributed by atoms with Gasteiger partial charge in [-0.15, -0.1) is 0 Å². The quantitative estimate of drug-likeness (QED) is 0.861. The fourth-order valence-corrected chi connectivity index (χ4v) is 2.86. The van der Waals surface area contributed by atoms with Crippen molar-refractivity contribution in [1.82, 2.24) is 9.78 Å². The van der Waals surface area contributed by atoms with Crippen LogP contribution in [0.25, 0.3) is 0 Å². The van der Waals surface area contributed by atoms with E-state index in [1.807, 2.05) is 35.3 Å². The molecule has 0 aliphatic carbocycles. The number of ether oxygens (including phenoxy) is 1. The first-order valence-electron chi connectivity index (χ1n) is 7.02. The molecule has 6 heteroatoms. The molecule has 0 amide bonds. The first-order valence-corrected chi connectivity index (χ1v) is 8.19. The summed E-state index contributed by atoms with van der Waals surface area (Å²) < 4.78 is 8.47. The van der Waals surface area contributed by atoms with Gasteiger partial charge in [-0.05, 0) is 46.5 Å². The molecule has 1 unspecified atom stereocenters. The van der Waals surface area contributed by atoms with E-state index in [0.29, 0.717) is 6.10 Å². The number of hydrogen-bond acceptors (Lipinski definition) is 3. The molecular weight excluding hydrogens is 354 g/mol. The molecule has 1 aliphatic rings. The highest BCUT2D eigenvalue weighted by atomic mass is 79.9. The topological polar surface area (TPSA) is 39.1 Å². The third-order valence-corrected chi connectivity index (χ3v) is 4.76. The predicted molar refractivity (Wildman–Crippen MR) is 87.7 cm³/mol. The van der Waals surface area contributed by atoms with E-state index in [4.69, 9.17) is 16.3 Å². The molecule has 1 aromatic carbocycles. The van der Waals surface area contributed by atoms with Crippen LogP contribution in [0.2, 0.25) is 5.02 Å². The van der Waals surface area contributed by atoms with Crippen LogP contribution in [0, 0.1) is 0 Å². The van der Waals surface area contributed by atoms with Gasteiger partial charge in [-0.3, -0.25) is 4.68 Å². The Morgan fingerprint density at radius 1 is 1.48 bits per heavy atom. The molecule has 112 valence electrons. The van der Waals surface area contributed by atoms with Gasteiger partial charge in [0.2, 0.25) is 0 Å². The molecule has 4 nitrogen and oxygen atoms in total. The summed E-state index contributed by atoms with van der Waals surface area (Å²) in [6.45, 7) is 2.42. The standard InChI is InChI=1S/C15H17BrClN3O/c16-14-4-3-11(6-15(14)17)7-18-12-8-19-20(9-12)10-13-2-1-5-21-13/h3-4,6,8-9,13,18H,1-2,5,7,10H2. The summed E-state index contributed by atoms with van der Waals surface area (Å²) in [7, 11) is 0. The Bertz CT molecular complexity index is 611. The second-order valence-electron chi connectivity index (χ2n) is 5.19. The maximum absolute atomic E-state index is 6.09. The minimum Gasteiger partial charge on any atom is -0.378 e. The van der Waals surface area contributed by atoms with Gasteiger partial charge >= 0.3 is 0 Å². The summed E-state index contributed by atoms with van der Waals surface area (Å²) in [6, 6.07) is 5.95. The van der Waals surface area contributed by atoms with Gasteiger partial charge in [0.1, 0.15) is 0 Å². The first kappa shape index (κ1) is 14.9. The molecule has 0 saturated carbocycles.